The number of hydrogen-bond acceptors (Lipinski definition) is 6. The summed E-state index contributed by atoms with van der Waals surface area (Å²) in [7, 11) is 2.73. The fraction of sp³-hybridized carbons (Fsp3) is 0.300. The van der Waals surface area contributed by atoms with Gasteiger partial charge in [-0.2, -0.15) is 0 Å². The van der Waals surface area contributed by atoms with Crippen LogP contribution in [0.2, 0.25) is 0 Å². The predicted molar refractivity (Wildman–Crippen MR) is 105 cm³/mol. The molecule has 1 aliphatic rings. The molecular formula is C20H21N3O6. The van der Waals surface area contributed by atoms with Crippen molar-refractivity contribution in [3.8, 4) is 11.5 Å². The van der Waals surface area contributed by atoms with Gasteiger partial charge in [-0.15, -0.1) is 0 Å². The molecule has 0 saturated heterocycles. The van der Waals surface area contributed by atoms with E-state index in [9.17, 15) is 19.7 Å². The maximum Gasteiger partial charge on any atom is 0.286 e. The number of ether oxygens (including phenoxy) is 2. The number of carbonyl (C=O) groups excluding carboxylic acids is 2. The summed E-state index contributed by atoms with van der Waals surface area (Å²) in [5.74, 6) is -0.327. The van der Waals surface area contributed by atoms with Crippen molar-refractivity contribution < 1.29 is 24.0 Å². The van der Waals surface area contributed by atoms with Gasteiger partial charge in [-0.05, 0) is 30.5 Å². The molecule has 9 heteroatoms. The number of nitrogens with one attached hydrogen (secondary N) is 2. The van der Waals surface area contributed by atoms with Gasteiger partial charge in [0.2, 0.25) is 5.91 Å². The van der Waals surface area contributed by atoms with Gasteiger partial charge in [0, 0.05) is 17.8 Å². The lowest BCUT2D eigenvalue weighted by Crippen LogP contribution is -2.26. The van der Waals surface area contributed by atoms with Crippen LogP contribution < -0.4 is 20.1 Å². The third-order valence-corrected chi connectivity index (χ3v) is 4.46. The summed E-state index contributed by atoms with van der Waals surface area (Å²) in [6.45, 7) is 0. The monoisotopic (exact) mass is 399 g/mol. The number of rotatable bonds is 8. The Bertz CT molecular complexity index is 938. The molecule has 0 radical (unpaired) electrons. The number of methoxy groups -OCH3 is 2. The zero-order chi connectivity index (χ0) is 21.0. The lowest BCUT2D eigenvalue weighted by atomic mass is 10.1. The number of nitro groups is 1. The van der Waals surface area contributed by atoms with Gasteiger partial charge in [0.05, 0.1) is 31.6 Å². The smallest absolute Gasteiger partial charge is 0.286 e. The maximum atomic E-state index is 12.6. The Morgan fingerprint density at radius 2 is 1.72 bits per heavy atom. The van der Waals surface area contributed by atoms with Crippen molar-refractivity contribution in [1.29, 1.82) is 0 Å². The number of hydrogen-bond donors (Lipinski definition) is 2. The van der Waals surface area contributed by atoms with Gasteiger partial charge in [0.25, 0.3) is 11.6 Å². The van der Waals surface area contributed by atoms with Gasteiger partial charge in [0.1, 0.15) is 5.56 Å². The molecule has 0 heterocycles. The van der Waals surface area contributed by atoms with E-state index in [1.807, 2.05) is 0 Å². The van der Waals surface area contributed by atoms with E-state index >= 15 is 0 Å². The summed E-state index contributed by atoms with van der Waals surface area (Å²) in [5, 5.41) is 16.9. The van der Waals surface area contributed by atoms with E-state index in [0.29, 0.717) is 11.7 Å². The van der Waals surface area contributed by atoms with E-state index in [4.69, 9.17) is 9.47 Å². The van der Waals surface area contributed by atoms with Gasteiger partial charge in [0.15, 0.2) is 11.5 Å². The quantitative estimate of drug-likeness (QED) is 0.520. The summed E-state index contributed by atoms with van der Waals surface area (Å²) >= 11 is 0. The van der Waals surface area contributed by atoms with Crippen LogP contribution in [0.25, 0.3) is 0 Å². The van der Waals surface area contributed by atoms with Crippen LogP contribution in [0.15, 0.2) is 36.4 Å². The second kappa shape index (κ2) is 8.59. The number of amides is 2. The molecule has 1 saturated carbocycles. The second-order valence-corrected chi connectivity index (χ2v) is 6.65. The average molecular weight is 399 g/mol. The normalized spacial score (nSPS) is 12.8. The molecule has 9 nitrogen and oxygen atoms in total. The Hall–Kier alpha value is -3.62. The van der Waals surface area contributed by atoms with Gasteiger partial charge in [-0.3, -0.25) is 19.7 Å². The highest BCUT2D eigenvalue weighted by atomic mass is 16.6. The molecule has 1 fully saturated rings. The van der Waals surface area contributed by atoms with E-state index in [2.05, 4.69) is 10.6 Å². The van der Waals surface area contributed by atoms with Crippen LogP contribution >= 0.6 is 0 Å². The highest BCUT2D eigenvalue weighted by Gasteiger charge is 2.25. The van der Waals surface area contributed by atoms with Crippen LogP contribution in [-0.4, -0.2) is 37.0 Å². The fourth-order valence-electron chi connectivity index (χ4n) is 2.80. The number of benzene rings is 2. The standard InChI is InChI=1S/C20H21N3O6/c1-28-17-10-15(16(23(26)27)11-18(17)29-2)20(25)22-14-5-3-12(4-6-14)9-19(24)21-13-7-8-13/h3-6,10-11,13H,7-9H2,1-2H3,(H,21,24)(H,22,25). The molecule has 2 amide bonds. The first-order valence-corrected chi connectivity index (χ1v) is 9.01. The topological polar surface area (TPSA) is 120 Å². The zero-order valence-corrected chi connectivity index (χ0v) is 16.1. The third kappa shape index (κ3) is 5.01. The van der Waals surface area contributed by atoms with Crippen molar-refractivity contribution in [3.63, 3.8) is 0 Å². The van der Waals surface area contributed by atoms with E-state index < -0.39 is 16.5 Å². The Morgan fingerprint density at radius 3 is 2.28 bits per heavy atom. The average Bonchev–Trinajstić information content (AvgIpc) is 3.52. The summed E-state index contributed by atoms with van der Waals surface area (Å²) in [6, 6.07) is 9.46. The molecule has 2 aromatic carbocycles. The van der Waals surface area contributed by atoms with Crippen molar-refractivity contribution in [3.05, 3.63) is 57.6 Å². The molecule has 0 atom stereocenters. The molecule has 0 unspecified atom stereocenters. The first kappa shape index (κ1) is 20.1. The van der Waals surface area contributed by atoms with Crippen molar-refractivity contribution in [2.24, 2.45) is 0 Å². The Labute approximate surface area is 167 Å². The van der Waals surface area contributed by atoms with Gasteiger partial charge in [-0.1, -0.05) is 12.1 Å². The summed E-state index contributed by atoms with van der Waals surface area (Å²) < 4.78 is 10.2. The van der Waals surface area contributed by atoms with Crippen LogP contribution in [0.5, 0.6) is 11.5 Å². The third-order valence-electron chi connectivity index (χ3n) is 4.46. The van der Waals surface area contributed by atoms with Crippen LogP contribution in [-0.2, 0) is 11.2 Å². The molecule has 0 spiro atoms. The first-order chi connectivity index (χ1) is 13.9. The van der Waals surface area contributed by atoms with E-state index in [0.717, 1.165) is 24.5 Å². The van der Waals surface area contributed by atoms with E-state index in [-0.39, 0.29) is 29.4 Å². The number of anilines is 1. The van der Waals surface area contributed by atoms with Gasteiger partial charge < -0.3 is 20.1 Å². The highest BCUT2D eigenvalue weighted by molar-refractivity contribution is 6.07. The van der Waals surface area contributed by atoms with E-state index in [1.165, 1.54) is 20.3 Å². The molecule has 1 aliphatic carbocycles. The van der Waals surface area contributed by atoms with Crippen molar-refractivity contribution in [1.82, 2.24) is 5.32 Å². The molecule has 0 aromatic heterocycles. The van der Waals surface area contributed by atoms with Gasteiger partial charge >= 0.3 is 0 Å². The van der Waals surface area contributed by atoms with Crippen molar-refractivity contribution in [2.45, 2.75) is 25.3 Å². The Kier molecular flexibility index (Phi) is 5.96. The van der Waals surface area contributed by atoms with Crippen molar-refractivity contribution in [2.75, 3.05) is 19.5 Å². The number of carbonyl (C=O) groups is 2. The minimum Gasteiger partial charge on any atom is -0.493 e. The van der Waals surface area contributed by atoms with Crippen molar-refractivity contribution >= 4 is 23.2 Å². The summed E-state index contributed by atoms with van der Waals surface area (Å²) in [4.78, 5) is 35.2. The van der Waals surface area contributed by atoms with E-state index in [1.54, 1.807) is 24.3 Å². The molecular weight excluding hydrogens is 378 g/mol. The summed E-state index contributed by atoms with van der Waals surface area (Å²) in [5.41, 5.74) is 0.706. The lowest BCUT2D eigenvalue weighted by Gasteiger charge is -2.11. The summed E-state index contributed by atoms with van der Waals surface area (Å²) in [6.07, 6.45) is 2.31. The van der Waals surface area contributed by atoms with Gasteiger partial charge in [-0.25, -0.2) is 0 Å². The molecule has 29 heavy (non-hydrogen) atoms. The molecule has 2 N–H and O–H groups in total. The Morgan fingerprint density at radius 1 is 1.10 bits per heavy atom. The van der Waals surface area contributed by atoms with Crippen LogP contribution in [0, 0.1) is 10.1 Å². The highest BCUT2D eigenvalue weighted by Crippen LogP contribution is 2.34. The SMILES string of the molecule is COc1cc(C(=O)Nc2ccc(CC(=O)NC3CC3)cc2)c([N+](=O)[O-])cc1OC. The number of nitrogens with zero attached hydrogens (tertiary/aromatic N) is 1. The van der Waals surface area contributed by atoms with Crippen LogP contribution in [0.1, 0.15) is 28.8 Å². The molecule has 152 valence electrons. The first-order valence-electron chi connectivity index (χ1n) is 9.01. The Balaban J connectivity index is 1.73. The fourth-order valence-corrected chi connectivity index (χ4v) is 2.80. The second-order valence-electron chi connectivity index (χ2n) is 6.65. The predicted octanol–water partition coefficient (Wildman–Crippen LogP) is 2.69. The minimum absolute atomic E-state index is 0.0368. The molecule has 2 aromatic rings. The van der Waals surface area contributed by atoms with Crippen LogP contribution in [0.3, 0.4) is 0 Å². The lowest BCUT2D eigenvalue weighted by molar-refractivity contribution is -0.385. The van der Waals surface area contributed by atoms with Crippen LogP contribution in [0.4, 0.5) is 11.4 Å². The largest absolute Gasteiger partial charge is 0.493 e. The molecule has 0 bridgehead atoms. The minimum atomic E-state index is -0.656. The molecule has 0 aliphatic heterocycles. The number of nitro benzene ring substituents is 1. The zero-order valence-electron chi connectivity index (χ0n) is 16.1. The molecule has 3 rings (SSSR count). The maximum absolute atomic E-state index is 12.6.